The van der Waals surface area contributed by atoms with Gasteiger partial charge in [0.2, 0.25) is 0 Å². The minimum atomic E-state index is -0.00824. The lowest BCUT2D eigenvalue weighted by atomic mass is 10.0. The van der Waals surface area contributed by atoms with Crippen LogP contribution in [0.5, 0.6) is 0 Å². The number of hydrogen-bond donors (Lipinski definition) is 1. The van der Waals surface area contributed by atoms with E-state index in [0.717, 1.165) is 23.4 Å². The highest BCUT2D eigenvalue weighted by atomic mass is 16.3. The molecule has 2 aromatic heterocycles. The summed E-state index contributed by atoms with van der Waals surface area (Å²) in [5.41, 5.74) is 1.01. The third-order valence-electron chi connectivity index (χ3n) is 3.21. The predicted octanol–water partition coefficient (Wildman–Crippen LogP) is 3.53. The van der Waals surface area contributed by atoms with Gasteiger partial charge in [0.15, 0.2) is 0 Å². The Morgan fingerprint density at radius 1 is 1.16 bits per heavy atom. The molecule has 0 saturated carbocycles. The van der Waals surface area contributed by atoms with E-state index in [1.807, 2.05) is 36.5 Å². The first-order chi connectivity index (χ1) is 9.40. The maximum atomic E-state index is 5.55. The molecule has 0 aliphatic heterocycles. The molecule has 0 radical (unpaired) electrons. The van der Waals surface area contributed by atoms with Crippen molar-refractivity contribution < 1.29 is 4.42 Å². The van der Waals surface area contributed by atoms with Crippen LogP contribution in [0.25, 0.3) is 10.8 Å². The number of nitrogens with zero attached hydrogens (tertiary/aromatic N) is 1. The molecule has 0 aliphatic rings. The summed E-state index contributed by atoms with van der Waals surface area (Å²) >= 11 is 0. The minimum Gasteiger partial charge on any atom is -0.467 e. The average molecular weight is 252 g/mol. The van der Waals surface area contributed by atoms with Gasteiger partial charge in [0.25, 0.3) is 0 Å². The highest BCUT2D eigenvalue weighted by molar-refractivity contribution is 5.84. The first kappa shape index (κ1) is 11.9. The van der Waals surface area contributed by atoms with Gasteiger partial charge in [-0.3, -0.25) is 4.98 Å². The second-order valence-electron chi connectivity index (χ2n) is 4.42. The van der Waals surface area contributed by atoms with Crippen molar-refractivity contribution in [3.8, 4) is 0 Å². The normalized spacial score (nSPS) is 12.7. The highest BCUT2D eigenvalue weighted by Crippen LogP contribution is 2.27. The molecule has 2 heterocycles. The molecule has 3 aromatic rings. The largest absolute Gasteiger partial charge is 0.467 e. The van der Waals surface area contributed by atoms with Gasteiger partial charge in [-0.15, -0.1) is 0 Å². The van der Waals surface area contributed by atoms with Crippen molar-refractivity contribution in [2.75, 3.05) is 6.54 Å². The zero-order chi connectivity index (χ0) is 13.1. The van der Waals surface area contributed by atoms with E-state index in [0.29, 0.717) is 0 Å². The van der Waals surface area contributed by atoms with Gasteiger partial charge in [0.05, 0.1) is 12.0 Å². The van der Waals surface area contributed by atoms with E-state index < -0.39 is 0 Å². The van der Waals surface area contributed by atoms with Gasteiger partial charge >= 0.3 is 0 Å². The number of pyridine rings is 1. The molecule has 3 rings (SSSR count). The number of benzene rings is 1. The van der Waals surface area contributed by atoms with Crippen molar-refractivity contribution in [3.63, 3.8) is 0 Å². The first-order valence-corrected chi connectivity index (χ1v) is 6.50. The van der Waals surface area contributed by atoms with Crippen molar-refractivity contribution in [2.24, 2.45) is 0 Å². The molecule has 0 amide bonds. The molecule has 0 saturated heterocycles. The molecule has 19 heavy (non-hydrogen) atoms. The van der Waals surface area contributed by atoms with Crippen LogP contribution in [0.2, 0.25) is 0 Å². The molecule has 0 bridgehead atoms. The Kier molecular flexibility index (Phi) is 3.29. The van der Waals surface area contributed by atoms with Crippen LogP contribution in [-0.4, -0.2) is 11.5 Å². The molecule has 1 N–H and O–H groups in total. The van der Waals surface area contributed by atoms with Gasteiger partial charge in [-0.05, 0) is 30.1 Å². The number of aromatic nitrogens is 1. The highest BCUT2D eigenvalue weighted by Gasteiger charge is 2.19. The fraction of sp³-hybridized carbons (Fsp3) is 0.188. The second kappa shape index (κ2) is 5.24. The van der Waals surface area contributed by atoms with E-state index in [1.165, 1.54) is 5.39 Å². The van der Waals surface area contributed by atoms with Crippen LogP contribution < -0.4 is 5.32 Å². The molecule has 1 unspecified atom stereocenters. The Labute approximate surface area is 112 Å². The summed E-state index contributed by atoms with van der Waals surface area (Å²) in [6, 6.07) is 14.2. The second-order valence-corrected chi connectivity index (χ2v) is 4.42. The SMILES string of the molecule is CCNC(c1ccco1)c1nccc2ccccc12. The van der Waals surface area contributed by atoms with Crippen molar-refractivity contribution in [2.45, 2.75) is 13.0 Å². The zero-order valence-electron chi connectivity index (χ0n) is 10.8. The van der Waals surface area contributed by atoms with E-state index in [9.17, 15) is 0 Å². The third kappa shape index (κ3) is 2.25. The molecule has 96 valence electrons. The quantitative estimate of drug-likeness (QED) is 0.772. The smallest absolute Gasteiger partial charge is 0.126 e. The molecule has 1 atom stereocenters. The van der Waals surface area contributed by atoms with Crippen LogP contribution in [0.3, 0.4) is 0 Å². The van der Waals surface area contributed by atoms with Crippen LogP contribution in [0.15, 0.2) is 59.3 Å². The lowest BCUT2D eigenvalue weighted by molar-refractivity contribution is 0.449. The summed E-state index contributed by atoms with van der Waals surface area (Å²) in [5, 5.41) is 5.79. The van der Waals surface area contributed by atoms with Gasteiger partial charge in [-0.2, -0.15) is 0 Å². The van der Waals surface area contributed by atoms with E-state index in [1.54, 1.807) is 6.26 Å². The summed E-state index contributed by atoms with van der Waals surface area (Å²) in [5.74, 6) is 0.894. The Morgan fingerprint density at radius 3 is 2.84 bits per heavy atom. The maximum Gasteiger partial charge on any atom is 0.126 e. The van der Waals surface area contributed by atoms with Crippen LogP contribution in [0, 0.1) is 0 Å². The number of fused-ring (bicyclic) bond motifs is 1. The van der Waals surface area contributed by atoms with E-state index in [-0.39, 0.29) is 6.04 Å². The molecular weight excluding hydrogens is 236 g/mol. The average Bonchev–Trinajstić information content (AvgIpc) is 2.98. The molecule has 0 spiro atoms. The Bertz CT molecular complexity index is 656. The topological polar surface area (TPSA) is 38.1 Å². The number of nitrogens with one attached hydrogen (secondary N) is 1. The summed E-state index contributed by atoms with van der Waals surface area (Å²) in [6.07, 6.45) is 3.55. The Hall–Kier alpha value is -2.13. The first-order valence-electron chi connectivity index (χ1n) is 6.50. The summed E-state index contributed by atoms with van der Waals surface area (Å²) in [4.78, 5) is 4.56. The Balaban J connectivity index is 2.15. The summed E-state index contributed by atoms with van der Waals surface area (Å²) < 4.78 is 5.55. The predicted molar refractivity (Wildman–Crippen MR) is 76.0 cm³/mol. The lowest BCUT2D eigenvalue weighted by Crippen LogP contribution is -2.22. The van der Waals surface area contributed by atoms with E-state index in [4.69, 9.17) is 4.42 Å². The Morgan fingerprint density at radius 2 is 2.05 bits per heavy atom. The van der Waals surface area contributed by atoms with Crippen molar-refractivity contribution in [1.82, 2.24) is 10.3 Å². The number of hydrogen-bond acceptors (Lipinski definition) is 3. The van der Waals surface area contributed by atoms with Gasteiger partial charge in [0, 0.05) is 11.6 Å². The van der Waals surface area contributed by atoms with Crippen LogP contribution >= 0.6 is 0 Å². The van der Waals surface area contributed by atoms with Crippen molar-refractivity contribution in [3.05, 3.63) is 66.4 Å². The van der Waals surface area contributed by atoms with Crippen LogP contribution in [0.1, 0.15) is 24.4 Å². The maximum absolute atomic E-state index is 5.55. The minimum absolute atomic E-state index is 0.00824. The fourth-order valence-corrected chi connectivity index (χ4v) is 2.36. The summed E-state index contributed by atoms with van der Waals surface area (Å²) in [7, 11) is 0. The number of rotatable bonds is 4. The van der Waals surface area contributed by atoms with E-state index >= 15 is 0 Å². The molecule has 0 fully saturated rings. The molecular formula is C16H16N2O. The van der Waals surface area contributed by atoms with Gasteiger partial charge < -0.3 is 9.73 Å². The van der Waals surface area contributed by atoms with Gasteiger partial charge in [-0.25, -0.2) is 0 Å². The van der Waals surface area contributed by atoms with Crippen molar-refractivity contribution >= 4 is 10.8 Å². The fourth-order valence-electron chi connectivity index (χ4n) is 2.36. The molecule has 3 nitrogen and oxygen atoms in total. The summed E-state index contributed by atoms with van der Waals surface area (Å²) in [6.45, 7) is 2.94. The third-order valence-corrected chi connectivity index (χ3v) is 3.21. The molecule has 0 aliphatic carbocycles. The lowest BCUT2D eigenvalue weighted by Gasteiger charge is -2.16. The number of furan rings is 1. The van der Waals surface area contributed by atoms with Crippen LogP contribution in [-0.2, 0) is 0 Å². The van der Waals surface area contributed by atoms with Crippen LogP contribution in [0.4, 0.5) is 0 Å². The molecule has 3 heteroatoms. The van der Waals surface area contributed by atoms with Gasteiger partial charge in [0.1, 0.15) is 11.8 Å². The van der Waals surface area contributed by atoms with Gasteiger partial charge in [-0.1, -0.05) is 31.2 Å². The van der Waals surface area contributed by atoms with Crippen molar-refractivity contribution in [1.29, 1.82) is 0 Å². The molecule has 1 aromatic carbocycles. The standard InChI is InChI=1S/C16H16N2O/c1-2-17-16(14-8-5-11-19-14)15-13-7-4-3-6-12(13)9-10-18-15/h3-11,16-17H,2H2,1H3. The monoisotopic (exact) mass is 252 g/mol. The zero-order valence-corrected chi connectivity index (χ0v) is 10.8. The van der Waals surface area contributed by atoms with E-state index in [2.05, 4.69) is 29.4 Å².